The van der Waals surface area contributed by atoms with E-state index in [2.05, 4.69) is 14.8 Å². The first-order valence-electron chi connectivity index (χ1n) is 9.26. The number of hydrogen-bond acceptors (Lipinski definition) is 11. The van der Waals surface area contributed by atoms with Crippen LogP contribution >= 0.6 is 10.7 Å². The van der Waals surface area contributed by atoms with E-state index in [1.165, 1.54) is 4.72 Å². The van der Waals surface area contributed by atoms with Crippen LogP contribution in [0, 0.1) is 0 Å². The lowest BCUT2D eigenvalue weighted by Gasteiger charge is -2.44. The number of urea groups is 1. The van der Waals surface area contributed by atoms with Gasteiger partial charge in [0.1, 0.15) is 38.5 Å². The van der Waals surface area contributed by atoms with Crippen molar-refractivity contribution in [3.05, 3.63) is 35.9 Å². The van der Waals surface area contributed by atoms with E-state index in [1.807, 2.05) is 0 Å². The number of ether oxygens (including phenoxy) is 4. The Bertz CT molecular complexity index is 1040. The maximum Gasteiger partial charge on any atom is 0.508 e. The van der Waals surface area contributed by atoms with E-state index in [-0.39, 0.29) is 13.2 Å². The summed E-state index contributed by atoms with van der Waals surface area (Å²) in [6, 6.07) is 4.42. The van der Waals surface area contributed by atoms with E-state index >= 15 is 0 Å². The first-order chi connectivity index (χ1) is 16.0. The van der Waals surface area contributed by atoms with Crippen molar-refractivity contribution in [3.63, 3.8) is 0 Å². The van der Waals surface area contributed by atoms with E-state index in [0.29, 0.717) is 10.5 Å². The van der Waals surface area contributed by atoms with Crippen LogP contribution in [0.2, 0.25) is 0 Å². The number of nitrogens with zero attached hydrogens (tertiary/aromatic N) is 1. The van der Waals surface area contributed by atoms with Gasteiger partial charge in [-0.25, -0.2) is 23.9 Å². The number of hydrogen-bond donors (Lipinski definition) is 3. The highest BCUT2D eigenvalue weighted by atomic mass is 35.7. The van der Waals surface area contributed by atoms with Crippen molar-refractivity contribution in [3.8, 4) is 0 Å². The van der Waals surface area contributed by atoms with E-state index in [9.17, 15) is 32.4 Å². The second-order valence-corrected chi connectivity index (χ2v) is 8.68. The Balaban J connectivity index is 1.96. The summed E-state index contributed by atoms with van der Waals surface area (Å²) in [7, 11) is 0.410. The molecular formula is C17H19ClN4O11S. The highest BCUT2D eigenvalue weighted by Crippen LogP contribution is 2.22. The summed E-state index contributed by atoms with van der Waals surface area (Å²) in [5.41, 5.74) is 5.40. The normalized spacial score (nSPS) is 17.1. The van der Waals surface area contributed by atoms with Crippen molar-refractivity contribution in [2.24, 2.45) is 5.73 Å². The van der Waals surface area contributed by atoms with Gasteiger partial charge in [-0.05, 0) is 5.56 Å². The van der Waals surface area contributed by atoms with Crippen LogP contribution in [0.25, 0.3) is 0 Å². The number of primary amides is 1. The summed E-state index contributed by atoms with van der Waals surface area (Å²) >= 11 is 0. The molecule has 1 aromatic carbocycles. The molecule has 0 aromatic heterocycles. The van der Waals surface area contributed by atoms with Gasteiger partial charge in [0.2, 0.25) is 0 Å². The number of nitrogens with two attached hydrogens (primary N) is 1. The second kappa shape index (κ2) is 11.9. The zero-order valence-corrected chi connectivity index (χ0v) is 18.7. The Morgan fingerprint density at radius 1 is 1.03 bits per heavy atom. The Morgan fingerprint density at radius 2 is 1.68 bits per heavy atom. The molecule has 2 atom stereocenters. The largest absolute Gasteiger partial charge is 0.508 e. The summed E-state index contributed by atoms with van der Waals surface area (Å²) in [5, 5.41) is 2.20. The molecule has 1 aliphatic heterocycles. The number of benzene rings is 1. The van der Waals surface area contributed by atoms with Gasteiger partial charge in [0, 0.05) is 10.7 Å². The molecule has 15 nitrogen and oxygen atoms in total. The number of amides is 5. The predicted molar refractivity (Wildman–Crippen MR) is 110 cm³/mol. The zero-order valence-electron chi connectivity index (χ0n) is 17.2. The average molecular weight is 523 g/mol. The third kappa shape index (κ3) is 8.28. The summed E-state index contributed by atoms with van der Waals surface area (Å²) < 4.78 is 42.3. The van der Waals surface area contributed by atoms with Crippen LogP contribution in [-0.2, 0) is 39.6 Å². The number of carbonyl (C=O) groups excluding carboxylic acids is 5. The Morgan fingerprint density at radius 3 is 2.29 bits per heavy atom. The van der Waals surface area contributed by atoms with E-state index in [0.717, 1.165) is 0 Å². The minimum atomic E-state index is -4.54. The van der Waals surface area contributed by atoms with E-state index in [4.69, 9.17) is 25.9 Å². The molecule has 4 N–H and O–H groups in total. The monoisotopic (exact) mass is 522 g/mol. The van der Waals surface area contributed by atoms with Crippen molar-refractivity contribution in [2.45, 2.75) is 18.7 Å². The topological polar surface area (TPSA) is 210 Å². The molecule has 0 aliphatic carbocycles. The van der Waals surface area contributed by atoms with Gasteiger partial charge in [-0.1, -0.05) is 30.3 Å². The van der Waals surface area contributed by atoms with Crippen LogP contribution in [0.1, 0.15) is 5.56 Å². The molecule has 0 bridgehead atoms. The van der Waals surface area contributed by atoms with Crippen molar-refractivity contribution in [1.82, 2.24) is 14.9 Å². The standard InChI is InChI=1S/C17H19ClN4O11S/c18-34(28,29)21-15(25)22-11(9-33-17(27)31-7-6-30-14(19)24)12(13(22)23)20-16(26)32-8-10-4-2-1-3-5-10/h1-5,11-12H,6-9H2,(H2,19,24)(H,20,26)(H,21,25)/t11-,12+/m1/s1. The number of nitrogens with one attached hydrogen (secondary N) is 2. The van der Waals surface area contributed by atoms with Crippen molar-refractivity contribution in [2.75, 3.05) is 19.8 Å². The molecule has 34 heavy (non-hydrogen) atoms. The van der Waals surface area contributed by atoms with Crippen LogP contribution in [0.4, 0.5) is 19.2 Å². The Kier molecular flexibility index (Phi) is 9.26. The molecule has 0 unspecified atom stereocenters. The molecule has 5 amide bonds. The predicted octanol–water partition coefficient (Wildman–Crippen LogP) is -0.0661. The van der Waals surface area contributed by atoms with Gasteiger partial charge in [-0.15, -0.1) is 0 Å². The molecule has 1 fully saturated rings. The third-order valence-electron chi connectivity index (χ3n) is 4.05. The summed E-state index contributed by atoms with van der Waals surface area (Å²) in [6.07, 6.45) is -3.39. The van der Waals surface area contributed by atoms with Crippen molar-refractivity contribution < 1.29 is 51.3 Å². The van der Waals surface area contributed by atoms with Crippen molar-refractivity contribution in [1.29, 1.82) is 0 Å². The van der Waals surface area contributed by atoms with Crippen molar-refractivity contribution >= 4 is 50.2 Å². The number of rotatable bonds is 9. The van der Waals surface area contributed by atoms with Gasteiger partial charge in [-0.2, -0.15) is 8.42 Å². The Labute approximate surface area is 196 Å². The molecule has 1 saturated heterocycles. The minimum Gasteiger partial charge on any atom is -0.446 e. The lowest BCUT2D eigenvalue weighted by Crippen LogP contribution is -2.74. The van der Waals surface area contributed by atoms with Gasteiger partial charge in [0.25, 0.3) is 5.91 Å². The van der Waals surface area contributed by atoms with E-state index in [1.54, 1.807) is 30.3 Å². The van der Waals surface area contributed by atoms with Gasteiger partial charge >= 0.3 is 33.6 Å². The van der Waals surface area contributed by atoms with Gasteiger partial charge in [0.05, 0.1) is 0 Å². The number of likely N-dealkylation sites (tertiary alicyclic amines) is 1. The maximum absolute atomic E-state index is 12.4. The molecule has 17 heteroatoms. The lowest BCUT2D eigenvalue weighted by atomic mass is 9.96. The molecule has 0 spiro atoms. The molecule has 1 heterocycles. The molecular weight excluding hydrogens is 504 g/mol. The lowest BCUT2D eigenvalue weighted by molar-refractivity contribution is -0.147. The SMILES string of the molecule is NC(=O)OCCOC(=O)OC[C@@H]1[C@H](NC(=O)OCc2ccccc2)C(=O)N1C(=O)NS(=O)(=O)Cl. The van der Waals surface area contributed by atoms with E-state index < -0.39 is 64.8 Å². The number of halogens is 1. The molecule has 186 valence electrons. The fourth-order valence-corrected chi connectivity index (χ4v) is 3.14. The number of imide groups is 1. The van der Waals surface area contributed by atoms with Gasteiger partial charge in [0.15, 0.2) is 0 Å². The highest BCUT2D eigenvalue weighted by Gasteiger charge is 2.53. The van der Waals surface area contributed by atoms with Crippen LogP contribution in [0.3, 0.4) is 0 Å². The van der Waals surface area contributed by atoms with Gasteiger partial charge < -0.3 is 30.0 Å². The summed E-state index contributed by atoms with van der Waals surface area (Å²) in [5.74, 6) is -1.02. The quantitative estimate of drug-likeness (QED) is 0.128. The van der Waals surface area contributed by atoms with Crippen LogP contribution in [0.15, 0.2) is 30.3 Å². The molecule has 0 saturated carbocycles. The average Bonchev–Trinajstić information content (AvgIpc) is 2.75. The molecule has 1 aromatic rings. The minimum absolute atomic E-state index is 0.122. The maximum atomic E-state index is 12.4. The Hall–Kier alpha value is -3.79. The molecule has 2 rings (SSSR count). The molecule has 1 aliphatic rings. The third-order valence-corrected chi connectivity index (χ3v) is 4.70. The molecule has 0 radical (unpaired) electrons. The van der Waals surface area contributed by atoms with Gasteiger partial charge in [-0.3, -0.25) is 9.69 Å². The fraction of sp³-hybridized carbons (Fsp3) is 0.353. The number of alkyl carbamates (subject to hydrolysis) is 1. The first kappa shape index (κ1) is 26.5. The van der Waals surface area contributed by atoms with Crippen LogP contribution < -0.4 is 15.8 Å². The highest BCUT2D eigenvalue weighted by molar-refractivity contribution is 8.12. The van der Waals surface area contributed by atoms with Crippen LogP contribution in [0.5, 0.6) is 0 Å². The second-order valence-electron chi connectivity index (χ2n) is 6.38. The summed E-state index contributed by atoms with van der Waals surface area (Å²) in [6.45, 7) is -1.58. The fourth-order valence-electron chi connectivity index (χ4n) is 2.63. The van der Waals surface area contributed by atoms with Crippen LogP contribution in [-0.4, -0.2) is 75.5 Å². The first-order valence-corrected chi connectivity index (χ1v) is 11.6. The summed E-state index contributed by atoms with van der Waals surface area (Å²) in [4.78, 5) is 59.0. The zero-order chi connectivity index (χ0) is 25.3. The smallest absolute Gasteiger partial charge is 0.446 e. The number of β-lactam (4-membered cyclic amide) rings is 1. The number of carbonyl (C=O) groups is 5.